The van der Waals surface area contributed by atoms with Crippen LogP contribution < -0.4 is 14.4 Å². The summed E-state index contributed by atoms with van der Waals surface area (Å²) in [5.74, 6) is 0.261. The molecule has 0 aliphatic rings. The van der Waals surface area contributed by atoms with Crippen molar-refractivity contribution in [2.24, 2.45) is 0 Å². The number of aryl methyl sites for hydroxylation is 1. The minimum atomic E-state index is -3.66. The average Bonchev–Trinajstić information content (AvgIpc) is 2.64. The Labute approximate surface area is 166 Å². The number of nitrogens with zero attached hydrogens (tertiary/aromatic N) is 1. The maximum Gasteiger partial charge on any atom is 0.248 e. The molecule has 150 valence electrons. The second kappa shape index (κ2) is 9.41. The predicted molar refractivity (Wildman–Crippen MR) is 113 cm³/mol. The molecule has 0 fully saturated rings. The molecule has 1 atom stereocenters. The van der Waals surface area contributed by atoms with E-state index in [2.05, 4.69) is 11.9 Å². The van der Waals surface area contributed by atoms with Crippen molar-refractivity contribution in [3.63, 3.8) is 0 Å². The van der Waals surface area contributed by atoms with Crippen LogP contribution in [0.5, 0.6) is 5.75 Å². The predicted octanol–water partition coefficient (Wildman–Crippen LogP) is 3.74. The number of ether oxygens (including phenoxy) is 1. The Morgan fingerprint density at radius 1 is 1.25 bits per heavy atom. The maximum absolute atomic E-state index is 12.9. The first-order valence-electron chi connectivity index (χ1n) is 8.97. The van der Waals surface area contributed by atoms with Gasteiger partial charge in [-0.25, -0.2) is 8.42 Å². The fourth-order valence-electron chi connectivity index (χ4n) is 2.84. The number of hydrogen-bond acceptors (Lipinski definition) is 4. The van der Waals surface area contributed by atoms with Crippen LogP contribution in [0.1, 0.15) is 18.9 Å². The molecule has 0 aliphatic heterocycles. The summed E-state index contributed by atoms with van der Waals surface area (Å²) in [5.41, 5.74) is 1.95. The number of anilines is 2. The fraction of sp³-hybridized carbons (Fsp3) is 0.286. The van der Waals surface area contributed by atoms with Crippen LogP contribution in [0.2, 0.25) is 0 Å². The summed E-state index contributed by atoms with van der Waals surface area (Å²) < 4.78 is 31.5. The first-order chi connectivity index (χ1) is 13.3. The smallest absolute Gasteiger partial charge is 0.248 e. The quantitative estimate of drug-likeness (QED) is 0.648. The van der Waals surface area contributed by atoms with Crippen molar-refractivity contribution in [3.8, 4) is 5.75 Å². The van der Waals surface area contributed by atoms with Crippen molar-refractivity contribution >= 4 is 27.3 Å². The van der Waals surface area contributed by atoms with E-state index < -0.39 is 22.0 Å². The zero-order valence-electron chi connectivity index (χ0n) is 16.4. The summed E-state index contributed by atoms with van der Waals surface area (Å²) in [6.07, 6.45) is 3.08. The molecule has 2 rings (SSSR count). The Balaban J connectivity index is 2.25. The molecule has 0 bridgehead atoms. The summed E-state index contributed by atoms with van der Waals surface area (Å²) in [6.45, 7) is 7.64. The standard InChI is InChI=1S/C21H26N2O4S/c1-5-14-27-19-12-10-17(11-13-19)22-21(24)20(6-2)23(28(4,25)26)18-9-7-8-16(3)15-18/h5,7-13,15,20H,1,6,14H2,2-4H3,(H,22,24)/t20-/m0/s1. The second-order valence-electron chi connectivity index (χ2n) is 6.44. The van der Waals surface area contributed by atoms with Crippen LogP contribution in [-0.2, 0) is 14.8 Å². The van der Waals surface area contributed by atoms with Crippen molar-refractivity contribution in [1.29, 1.82) is 0 Å². The summed E-state index contributed by atoms with van der Waals surface area (Å²) in [4.78, 5) is 12.9. The van der Waals surface area contributed by atoms with Crippen molar-refractivity contribution in [3.05, 3.63) is 66.7 Å². The Kier molecular flexibility index (Phi) is 7.23. The largest absolute Gasteiger partial charge is 0.490 e. The van der Waals surface area contributed by atoms with Gasteiger partial charge in [0.1, 0.15) is 18.4 Å². The first-order valence-corrected chi connectivity index (χ1v) is 10.8. The van der Waals surface area contributed by atoms with Gasteiger partial charge in [-0.1, -0.05) is 31.7 Å². The molecular weight excluding hydrogens is 376 g/mol. The third kappa shape index (κ3) is 5.60. The number of carbonyl (C=O) groups excluding carboxylic acids is 1. The number of rotatable bonds is 9. The molecule has 2 aromatic rings. The van der Waals surface area contributed by atoms with E-state index in [0.29, 0.717) is 30.2 Å². The minimum Gasteiger partial charge on any atom is -0.490 e. The molecule has 0 radical (unpaired) electrons. The normalized spacial score (nSPS) is 12.1. The number of carbonyl (C=O) groups is 1. The number of nitrogens with one attached hydrogen (secondary N) is 1. The maximum atomic E-state index is 12.9. The average molecular weight is 403 g/mol. The van der Waals surface area contributed by atoms with E-state index in [1.54, 1.807) is 55.5 Å². The Morgan fingerprint density at radius 2 is 1.93 bits per heavy atom. The third-order valence-corrected chi connectivity index (χ3v) is 5.26. The van der Waals surface area contributed by atoms with Gasteiger partial charge in [0.2, 0.25) is 15.9 Å². The van der Waals surface area contributed by atoms with Gasteiger partial charge < -0.3 is 10.1 Å². The van der Waals surface area contributed by atoms with Gasteiger partial charge in [0, 0.05) is 5.69 Å². The summed E-state index contributed by atoms with van der Waals surface area (Å²) in [6, 6.07) is 13.1. The highest BCUT2D eigenvalue weighted by molar-refractivity contribution is 7.92. The highest BCUT2D eigenvalue weighted by Gasteiger charge is 2.31. The lowest BCUT2D eigenvalue weighted by molar-refractivity contribution is -0.117. The van der Waals surface area contributed by atoms with Crippen LogP contribution in [0.4, 0.5) is 11.4 Å². The molecule has 0 aliphatic carbocycles. The van der Waals surface area contributed by atoms with E-state index in [1.807, 2.05) is 13.0 Å². The molecule has 0 aromatic heterocycles. The minimum absolute atomic E-state index is 0.327. The zero-order valence-corrected chi connectivity index (χ0v) is 17.2. The first kappa shape index (κ1) is 21.5. The molecule has 6 nitrogen and oxygen atoms in total. The van der Waals surface area contributed by atoms with Crippen LogP contribution in [0.15, 0.2) is 61.2 Å². The summed E-state index contributed by atoms with van der Waals surface area (Å²) in [5, 5.41) is 2.79. The lowest BCUT2D eigenvalue weighted by Crippen LogP contribution is -2.47. The van der Waals surface area contributed by atoms with Gasteiger partial charge in [-0.05, 0) is 55.3 Å². The van der Waals surface area contributed by atoms with Crippen LogP contribution in [0, 0.1) is 6.92 Å². The van der Waals surface area contributed by atoms with Gasteiger partial charge in [-0.3, -0.25) is 9.10 Å². The van der Waals surface area contributed by atoms with Crippen molar-refractivity contribution in [2.45, 2.75) is 26.3 Å². The Hall–Kier alpha value is -2.80. The van der Waals surface area contributed by atoms with E-state index in [4.69, 9.17) is 4.74 Å². The van der Waals surface area contributed by atoms with Crippen LogP contribution >= 0.6 is 0 Å². The van der Waals surface area contributed by atoms with Gasteiger partial charge in [-0.15, -0.1) is 0 Å². The van der Waals surface area contributed by atoms with Gasteiger partial charge in [0.25, 0.3) is 0 Å². The molecular formula is C21H26N2O4S. The molecule has 2 aromatic carbocycles. The highest BCUT2D eigenvalue weighted by atomic mass is 32.2. The molecule has 1 amide bonds. The fourth-order valence-corrected chi connectivity index (χ4v) is 4.04. The van der Waals surface area contributed by atoms with Crippen LogP contribution in [0.25, 0.3) is 0 Å². The van der Waals surface area contributed by atoms with E-state index in [0.717, 1.165) is 11.8 Å². The molecule has 7 heteroatoms. The number of sulfonamides is 1. The van der Waals surface area contributed by atoms with E-state index in [1.165, 1.54) is 4.31 Å². The number of benzene rings is 2. The Morgan fingerprint density at radius 3 is 2.46 bits per heavy atom. The second-order valence-corrected chi connectivity index (χ2v) is 8.29. The topological polar surface area (TPSA) is 75.7 Å². The lowest BCUT2D eigenvalue weighted by atomic mass is 10.1. The monoisotopic (exact) mass is 402 g/mol. The van der Waals surface area contributed by atoms with E-state index in [9.17, 15) is 13.2 Å². The van der Waals surface area contributed by atoms with E-state index >= 15 is 0 Å². The van der Waals surface area contributed by atoms with Crippen molar-refractivity contribution < 1.29 is 17.9 Å². The van der Waals surface area contributed by atoms with Gasteiger partial charge in [0.05, 0.1) is 11.9 Å². The van der Waals surface area contributed by atoms with Crippen LogP contribution in [-0.4, -0.2) is 33.2 Å². The molecule has 0 spiro atoms. The number of hydrogen-bond donors (Lipinski definition) is 1. The highest BCUT2D eigenvalue weighted by Crippen LogP contribution is 2.24. The SMILES string of the molecule is C=CCOc1ccc(NC(=O)[C@H](CC)N(c2cccc(C)c2)S(C)(=O)=O)cc1. The Bertz CT molecular complexity index is 924. The van der Waals surface area contributed by atoms with Gasteiger partial charge in [-0.2, -0.15) is 0 Å². The molecule has 28 heavy (non-hydrogen) atoms. The summed E-state index contributed by atoms with van der Waals surface area (Å²) >= 11 is 0. The molecule has 0 saturated heterocycles. The third-order valence-electron chi connectivity index (χ3n) is 4.08. The molecule has 0 unspecified atom stereocenters. The molecule has 0 heterocycles. The van der Waals surface area contributed by atoms with Gasteiger partial charge >= 0.3 is 0 Å². The number of amides is 1. The lowest BCUT2D eigenvalue weighted by Gasteiger charge is -2.30. The van der Waals surface area contributed by atoms with E-state index in [-0.39, 0.29) is 0 Å². The zero-order chi connectivity index (χ0) is 20.7. The van der Waals surface area contributed by atoms with Crippen LogP contribution in [0.3, 0.4) is 0 Å². The molecule has 1 N–H and O–H groups in total. The molecule has 0 saturated carbocycles. The summed E-state index contributed by atoms with van der Waals surface area (Å²) in [7, 11) is -3.66. The van der Waals surface area contributed by atoms with Crippen molar-refractivity contribution in [2.75, 3.05) is 22.5 Å². The van der Waals surface area contributed by atoms with Crippen molar-refractivity contribution in [1.82, 2.24) is 0 Å². The van der Waals surface area contributed by atoms with Gasteiger partial charge in [0.15, 0.2) is 0 Å².